The highest BCUT2D eigenvalue weighted by atomic mass is 16.5. The van der Waals surface area contributed by atoms with E-state index in [1.165, 1.54) is 0 Å². The van der Waals surface area contributed by atoms with Crippen LogP contribution in [0, 0.1) is 6.92 Å². The van der Waals surface area contributed by atoms with E-state index in [-0.39, 0.29) is 5.78 Å². The van der Waals surface area contributed by atoms with Gasteiger partial charge < -0.3 is 14.0 Å². The molecule has 0 aliphatic carbocycles. The number of hydrogen-bond acceptors (Lipinski definition) is 3. The average molecular weight is 259 g/mol. The summed E-state index contributed by atoms with van der Waals surface area (Å²) in [6.07, 6.45) is 1.88. The zero-order valence-electron chi connectivity index (χ0n) is 11.6. The van der Waals surface area contributed by atoms with Crippen molar-refractivity contribution in [3.8, 4) is 11.5 Å². The second-order valence-corrected chi connectivity index (χ2v) is 4.36. The van der Waals surface area contributed by atoms with Crippen LogP contribution in [0.4, 0.5) is 0 Å². The number of hydrogen-bond donors (Lipinski definition) is 0. The van der Waals surface area contributed by atoms with Gasteiger partial charge in [0.1, 0.15) is 0 Å². The largest absolute Gasteiger partial charge is 0.493 e. The zero-order chi connectivity index (χ0) is 14.0. The Morgan fingerprint density at radius 1 is 1.11 bits per heavy atom. The van der Waals surface area contributed by atoms with Crippen molar-refractivity contribution in [2.45, 2.75) is 6.92 Å². The van der Waals surface area contributed by atoms with E-state index in [9.17, 15) is 4.79 Å². The number of carbonyl (C=O) groups excluding carboxylic acids is 1. The molecule has 0 radical (unpaired) electrons. The van der Waals surface area contributed by atoms with Crippen LogP contribution in [0.3, 0.4) is 0 Å². The molecule has 1 aromatic carbocycles. The molecule has 1 heterocycles. The first-order valence-electron chi connectivity index (χ1n) is 5.97. The molecule has 4 nitrogen and oxygen atoms in total. The Bertz CT molecular complexity index is 594. The molecule has 0 atom stereocenters. The van der Waals surface area contributed by atoms with E-state index >= 15 is 0 Å². The molecule has 2 aromatic rings. The van der Waals surface area contributed by atoms with Crippen molar-refractivity contribution in [1.29, 1.82) is 0 Å². The Labute approximate surface area is 112 Å². The maximum Gasteiger partial charge on any atom is 0.209 e. The fraction of sp³-hybridized carbons (Fsp3) is 0.267. The number of benzene rings is 1. The van der Waals surface area contributed by atoms with E-state index in [1.54, 1.807) is 32.4 Å². The van der Waals surface area contributed by atoms with Gasteiger partial charge in [-0.25, -0.2) is 0 Å². The molecule has 4 heteroatoms. The number of ketones is 1. The first kappa shape index (κ1) is 13.2. The maximum absolute atomic E-state index is 12.5. The van der Waals surface area contributed by atoms with Crippen LogP contribution in [0.15, 0.2) is 30.5 Å². The van der Waals surface area contributed by atoms with Crippen molar-refractivity contribution in [2.75, 3.05) is 14.2 Å². The van der Waals surface area contributed by atoms with Crippen molar-refractivity contribution in [3.05, 3.63) is 47.3 Å². The number of ether oxygens (including phenoxy) is 2. The SMILES string of the molecule is COc1ccc(C(=O)c2c(C)ccn2C)cc1OC. The average Bonchev–Trinajstić information content (AvgIpc) is 2.76. The van der Waals surface area contributed by atoms with Gasteiger partial charge in [0.15, 0.2) is 11.5 Å². The van der Waals surface area contributed by atoms with Gasteiger partial charge in [-0.15, -0.1) is 0 Å². The van der Waals surface area contributed by atoms with Gasteiger partial charge in [0, 0.05) is 18.8 Å². The molecule has 0 saturated carbocycles. The van der Waals surface area contributed by atoms with Gasteiger partial charge in [0.2, 0.25) is 5.78 Å². The quantitative estimate of drug-likeness (QED) is 0.792. The topological polar surface area (TPSA) is 40.5 Å². The number of nitrogens with zero attached hydrogens (tertiary/aromatic N) is 1. The third kappa shape index (κ3) is 2.34. The molecule has 0 fully saturated rings. The highest BCUT2D eigenvalue weighted by molar-refractivity contribution is 6.09. The smallest absolute Gasteiger partial charge is 0.209 e. The third-order valence-electron chi connectivity index (χ3n) is 3.14. The minimum absolute atomic E-state index is 0.0223. The van der Waals surface area contributed by atoms with Crippen molar-refractivity contribution < 1.29 is 14.3 Å². The summed E-state index contributed by atoms with van der Waals surface area (Å²) in [6, 6.07) is 7.11. The van der Waals surface area contributed by atoms with Crippen LogP contribution >= 0.6 is 0 Å². The molecule has 0 N–H and O–H groups in total. The fourth-order valence-electron chi connectivity index (χ4n) is 2.11. The van der Waals surface area contributed by atoms with Crippen LogP contribution in [0.1, 0.15) is 21.6 Å². The monoisotopic (exact) mass is 259 g/mol. The zero-order valence-corrected chi connectivity index (χ0v) is 11.6. The molecule has 0 aliphatic heterocycles. The predicted molar refractivity (Wildman–Crippen MR) is 73.1 cm³/mol. The van der Waals surface area contributed by atoms with Crippen LogP contribution in [0.5, 0.6) is 11.5 Å². The summed E-state index contributed by atoms with van der Waals surface area (Å²) in [7, 11) is 4.99. The molecule has 0 aliphatic rings. The standard InChI is InChI=1S/C15H17NO3/c1-10-7-8-16(2)14(10)15(17)11-5-6-12(18-3)13(9-11)19-4/h5-9H,1-4H3. The maximum atomic E-state index is 12.5. The Morgan fingerprint density at radius 3 is 2.32 bits per heavy atom. The van der Waals surface area contributed by atoms with Crippen LogP contribution < -0.4 is 9.47 Å². The number of methoxy groups -OCH3 is 2. The van der Waals surface area contributed by atoms with E-state index in [4.69, 9.17) is 9.47 Å². The Hall–Kier alpha value is -2.23. The van der Waals surface area contributed by atoms with E-state index in [2.05, 4.69) is 0 Å². The lowest BCUT2D eigenvalue weighted by atomic mass is 10.1. The van der Waals surface area contributed by atoms with Gasteiger partial charge in [-0.3, -0.25) is 4.79 Å². The number of aromatic nitrogens is 1. The molecule has 0 saturated heterocycles. The fourth-order valence-corrected chi connectivity index (χ4v) is 2.11. The summed E-state index contributed by atoms with van der Waals surface area (Å²) in [5, 5.41) is 0. The summed E-state index contributed by atoms with van der Waals surface area (Å²) in [4.78, 5) is 12.5. The van der Waals surface area contributed by atoms with Crippen LogP contribution in [-0.4, -0.2) is 24.6 Å². The summed E-state index contributed by atoms with van der Waals surface area (Å²) in [5.74, 6) is 1.15. The van der Waals surface area contributed by atoms with E-state index in [0.717, 1.165) is 5.56 Å². The molecule has 2 rings (SSSR count). The van der Waals surface area contributed by atoms with E-state index < -0.39 is 0 Å². The second kappa shape index (κ2) is 5.18. The minimum atomic E-state index is -0.0223. The lowest BCUT2D eigenvalue weighted by molar-refractivity contribution is 0.103. The summed E-state index contributed by atoms with van der Waals surface area (Å²) >= 11 is 0. The van der Waals surface area contributed by atoms with Crippen LogP contribution in [0.25, 0.3) is 0 Å². The Kier molecular flexibility index (Phi) is 3.60. The minimum Gasteiger partial charge on any atom is -0.493 e. The highest BCUT2D eigenvalue weighted by Crippen LogP contribution is 2.28. The summed E-state index contributed by atoms with van der Waals surface area (Å²) in [5.41, 5.74) is 2.23. The first-order valence-corrected chi connectivity index (χ1v) is 5.97. The molecule has 0 unspecified atom stereocenters. The number of aryl methyl sites for hydroxylation is 2. The molecular weight excluding hydrogens is 242 g/mol. The Balaban J connectivity index is 2.45. The normalized spacial score (nSPS) is 10.3. The highest BCUT2D eigenvalue weighted by Gasteiger charge is 2.17. The molecule has 19 heavy (non-hydrogen) atoms. The van der Waals surface area contributed by atoms with Crippen LogP contribution in [0.2, 0.25) is 0 Å². The van der Waals surface area contributed by atoms with Crippen molar-refractivity contribution in [1.82, 2.24) is 4.57 Å². The first-order chi connectivity index (χ1) is 9.08. The molecule has 1 aromatic heterocycles. The molecule has 100 valence electrons. The van der Waals surface area contributed by atoms with Gasteiger partial charge >= 0.3 is 0 Å². The van der Waals surface area contributed by atoms with Gasteiger partial charge in [-0.05, 0) is 36.8 Å². The van der Waals surface area contributed by atoms with E-state index in [0.29, 0.717) is 22.8 Å². The van der Waals surface area contributed by atoms with Crippen molar-refractivity contribution in [2.24, 2.45) is 7.05 Å². The second-order valence-electron chi connectivity index (χ2n) is 4.36. The third-order valence-corrected chi connectivity index (χ3v) is 3.14. The van der Waals surface area contributed by atoms with Crippen LogP contribution in [-0.2, 0) is 7.05 Å². The predicted octanol–water partition coefficient (Wildman–Crippen LogP) is 2.58. The molecule has 0 spiro atoms. The van der Waals surface area contributed by atoms with Gasteiger partial charge in [-0.1, -0.05) is 0 Å². The number of carbonyl (C=O) groups is 1. The molecular formula is C15H17NO3. The van der Waals surface area contributed by atoms with Gasteiger partial charge in [0.05, 0.1) is 19.9 Å². The lowest BCUT2D eigenvalue weighted by Gasteiger charge is -2.10. The van der Waals surface area contributed by atoms with Crippen molar-refractivity contribution >= 4 is 5.78 Å². The molecule has 0 bridgehead atoms. The lowest BCUT2D eigenvalue weighted by Crippen LogP contribution is -2.09. The summed E-state index contributed by atoms with van der Waals surface area (Å²) in [6.45, 7) is 1.92. The van der Waals surface area contributed by atoms with Gasteiger partial charge in [-0.2, -0.15) is 0 Å². The van der Waals surface area contributed by atoms with Gasteiger partial charge in [0.25, 0.3) is 0 Å². The molecule has 0 amide bonds. The van der Waals surface area contributed by atoms with Crippen molar-refractivity contribution in [3.63, 3.8) is 0 Å². The Morgan fingerprint density at radius 2 is 1.79 bits per heavy atom. The number of rotatable bonds is 4. The summed E-state index contributed by atoms with van der Waals surface area (Å²) < 4.78 is 12.2. The van der Waals surface area contributed by atoms with E-state index in [1.807, 2.05) is 30.8 Å².